The topological polar surface area (TPSA) is 37.1 Å². The van der Waals surface area contributed by atoms with Gasteiger partial charge in [-0.15, -0.1) is 0 Å². The van der Waals surface area contributed by atoms with Gasteiger partial charge in [0.1, 0.15) is 0 Å². The van der Waals surface area contributed by atoms with Crippen LogP contribution in [0.15, 0.2) is 41.3 Å². The quantitative estimate of drug-likeness (QED) is 0.616. The molecule has 2 aliphatic rings. The van der Waals surface area contributed by atoms with Crippen LogP contribution in [-0.2, 0) is 10.0 Å². The molecule has 1 unspecified atom stereocenters. The molecule has 4 heteroatoms. The zero-order valence-electron chi connectivity index (χ0n) is 11.6. The Balaban J connectivity index is 2.02. The van der Waals surface area contributed by atoms with Crippen molar-refractivity contribution in [1.29, 1.82) is 0 Å². The molecule has 0 aromatic heterocycles. The Labute approximate surface area is 115 Å². The first-order valence-corrected chi connectivity index (χ1v) is 8.04. The van der Waals surface area contributed by atoms with Crippen molar-refractivity contribution in [2.45, 2.75) is 49.6 Å². The first kappa shape index (κ1) is 12.9. The molecular weight excluding hydrogens is 258 g/mol. The normalized spacial score (nSPS) is 36.9. The van der Waals surface area contributed by atoms with Crippen LogP contribution < -0.4 is 0 Å². The Morgan fingerprint density at radius 1 is 1.00 bits per heavy atom. The minimum atomic E-state index is -3.39. The van der Waals surface area contributed by atoms with Gasteiger partial charge in [0.2, 0.25) is 10.0 Å². The van der Waals surface area contributed by atoms with Crippen LogP contribution in [0.2, 0.25) is 0 Å². The number of nitrogens with zero attached hydrogens (tertiary/aromatic N) is 1. The minimum absolute atomic E-state index is 0.258. The molecule has 1 aromatic carbocycles. The van der Waals surface area contributed by atoms with Crippen LogP contribution in [0.5, 0.6) is 0 Å². The SMILES string of the molecule is Cc1ccc(S(=O)(=O)N2[C@]3(C)CC=CC[C@]23C)cc1. The lowest BCUT2D eigenvalue weighted by Gasteiger charge is -2.14. The molecule has 0 spiro atoms. The van der Waals surface area contributed by atoms with E-state index >= 15 is 0 Å². The van der Waals surface area contributed by atoms with E-state index in [1.165, 1.54) is 0 Å². The molecule has 0 radical (unpaired) electrons. The van der Waals surface area contributed by atoms with Gasteiger partial charge in [-0.25, -0.2) is 8.42 Å². The van der Waals surface area contributed by atoms with Crippen molar-refractivity contribution in [2.24, 2.45) is 0 Å². The minimum Gasteiger partial charge on any atom is -0.207 e. The molecule has 0 saturated carbocycles. The molecule has 0 amide bonds. The van der Waals surface area contributed by atoms with E-state index < -0.39 is 10.0 Å². The van der Waals surface area contributed by atoms with Crippen molar-refractivity contribution in [1.82, 2.24) is 4.31 Å². The Hall–Kier alpha value is -1.13. The van der Waals surface area contributed by atoms with Crippen molar-refractivity contribution in [3.8, 4) is 0 Å². The molecule has 0 N–H and O–H groups in total. The lowest BCUT2D eigenvalue weighted by Crippen LogP contribution is -2.20. The highest BCUT2D eigenvalue weighted by Crippen LogP contribution is 2.60. The van der Waals surface area contributed by atoms with Gasteiger partial charge in [-0.1, -0.05) is 29.8 Å². The maximum atomic E-state index is 12.8. The van der Waals surface area contributed by atoms with Gasteiger partial charge in [0.25, 0.3) is 0 Å². The van der Waals surface area contributed by atoms with Crippen LogP contribution in [0.1, 0.15) is 32.3 Å². The predicted octanol–water partition coefficient (Wildman–Crippen LogP) is 2.87. The molecule has 19 heavy (non-hydrogen) atoms. The van der Waals surface area contributed by atoms with Gasteiger partial charge in [-0.3, -0.25) is 0 Å². The second-order valence-corrected chi connectivity index (χ2v) is 7.80. The molecule has 3 atom stereocenters. The van der Waals surface area contributed by atoms with Crippen LogP contribution in [0.3, 0.4) is 0 Å². The fourth-order valence-electron chi connectivity index (χ4n) is 3.27. The maximum absolute atomic E-state index is 12.8. The van der Waals surface area contributed by atoms with Gasteiger partial charge in [0.15, 0.2) is 0 Å². The monoisotopic (exact) mass is 277 g/mol. The van der Waals surface area contributed by atoms with Gasteiger partial charge in [0.05, 0.1) is 16.0 Å². The second-order valence-electron chi connectivity index (χ2n) is 6.01. The fourth-order valence-corrected chi connectivity index (χ4v) is 5.52. The number of hydrogen-bond acceptors (Lipinski definition) is 2. The van der Waals surface area contributed by atoms with E-state index in [1.54, 1.807) is 16.4 Å². The van der Waals surface area contributed by atoms with E-state index in [0.717, 1.165) is 18.4 Å². The maximum Gasteiger partial charge on any atom is 0.244 e. The Kier molecular flexibility index (Phi) is 2.51. The van der Waals surface area contributed by atoms with E-state index in [2.05, 4.69) is 12.2 Å². The summed E-state index contributed by atoms with van der Waals surface area (Å²) in [4.78, 5) is 0.398. The number of rotatable bonds is 2. The van der Waals surface area contributed by atoms with E-state index in [4.69, 9.17) is 0 Å². The van der Waals surface area contributed by atoms with Crippen LogP contribution in [0.4, 0.5) is 0 Å². The van der Waals surface area contributed by atoms with Gasteiger partial charge in [-0.2, -0.15) is 4.31 Å². The zero-order chi connectivity index (χ0) is 13.9. The number of aryl methyl sites for hydroxylation is 1. The van der Waals surface area contributed by atoms with Crippen molar-refractivity contribution < 1.29 is 8.42 Å². The van der Waals surface area contributed by atoms with Crippen LogP contribution in [-0.4, -0.2) is 23.8 Å². The van der Waals surface area contributed by atoms with Gasteiger partial charge >= 0.3 is 0 Å². The highest BCUT2D eigenvalue weighted by atomic mass is 32.2. The van der Waals surface area contributed by atoms with Crippen molar-refractivity contribution in [2.75, 3.05) is 0 Å². The summed E-state index contributed by atoms with van der Waals surface area (Å²) < 4.78 is 27.3. The van der Waals surface area contributed by atoms with E-state index in [9.17, 15) is 8.42 Å². The van der Waals surface area contributed by atoms with Crippen molar-refractivity contribution in [3.63, 3.8) is 0 Å². The van der Waals surface area contributed by atoms with E-state index in [-0.39, 0.29) is 11.1 Å². The molecule has 3 nitrogen and oxygen atoms in total. The fraction of sp³-hybridized carbons (Fsp3) is 0.467. The Morgan fingerprint density at radius 2 is 1.47 bits per heavy atom. The third kappa shape index (κ3) is 1.56. The third-order valence-corrected chi connectivity index (χ3v) is 6.92. The average Bonchev–Trinajstić information content (AvgIpc) is 2.88. The summed E-state index contributed by atoms with van der Waals surface area (Å²) in [6.45, 7) is 6.05. The van der Waals surface area contributed by atoms with Crippen LogP contribution >= 0.6 is 0 Å². The molecule has 0 bridgehead atoms. The smallest absolute Gasteiger partial charge is 0.207 e. The molecule has 1 heterocycles. The molecule has 1 fully saturated rings. The molecule has 102 valence electrons. The van der Waals surface area contributed by atoms with Crippen LogP contribution in [0.25, 0.3) is 0 Å². The average molecular weight is 277 g/mol. The van der Waals surface area contributed by atoms with Gasteiger partial charge in [0, 0.05) is 0 Å². The molecule has 1 aliphatic heterocycles. The lowest BCUT2D eigenvalue weighted by atomic mass is 9.86. The van der Waals surface area contributed by atoms with Gasteiger partial charge < -0.3 is 0 Å². The third-order valence-electron chi connectivity index (χ3n) is 4.76. The summed E-state index contributed by atoms with van der Waals surface area (Å²) in [5.74, 6) is 0. The highest BCUT2D eigenvalue weighted by Gasteiger charge is 2.73. The standard InChI is InChI=1S/C15H19NO2S/c1-12-6-8-13(9-7-12)19(17,18)16-14(2)10-4-5-11-15(14,16)3/h4-9H,10-11H2,1-3H3/t14-,15+,16?. The number of hydrogen-bond donors (Lipinski definition) is 0. The van der Waals surface area contributed by atoms with Gasteiger partial charge in [-0.05, 0) is 45.7 Å². The molecule has 3 rings (SSSR count). The Morgan fingerprint density at radius 3 is 1.95 bits per heavy atom. The summed E-state index contributed by atoms with van der Waals surface area (Å²) in [6, 6.07) is 7.11. The first-order valence-electron chi connectivity index (χ1n) is 6.60. The Bertz CT molecular complexity index is 627. The molecular formula is C15H19NO2S. The molecule has 1 aromatic rings. The lowest BCUT2D eigenvalue weighted by molar-refractivity contribution is 0.511. The van der Waals surface area contributed by atoms with E-state index in [0.29, 0.717) is 4.90 Å². The molecule has 1 aliphatic carbocycles. The van der Waals surface area contributed by atoms with Crippen molar-refractivity contribution >= 4 is 10.0 Å². The summed E-state index contributed by atoms with van der Waals surface area (Å²) >= 11 is 0. The second kappa shape index (κ2) is 3.70. The number of benzene rings is 1. The number of sulfonamides is 1. The highest BCUT2D eigenvalue weighted by molar-refractivity contribution is 7.89. The summed E-state index contributed by atoms with van der Waals surface area (Å²) in [6.07, 6.45) is 5.78. The molecule has 1 saturated heterocycles. The summed E-state index contributed by atoms with van der Waals surface area (Å²) in [5.41, 5.74) is 0.554. The largest absolute Gasteiger partial charge is 0.244 e. The first-order chi connectivity index (χ1) is 8.82. The van der Waals surface area contributed by atoms with Crippen molar-refractivity contribution in [3.05, 3.63) is 42.0 Å². The number of fused-ring (bicyclic) bond motifs is 1. The summed E-state index contributed by atoms with van der Waals surface area (Å²) in [5, 5.41) is 0. The van der Waals surface area contributed by atoms with E-state index in [1.807, 2.05) is 32.9 Å². The zero-order valence-corrected chi connectivity index (χ0v) is 12.4. The predicted molar refractivity (Wildman–Crippen MR) is 75.4 cm³/mol. The summed E-state index contributed by atoms with van der Waals surface area (Å²) in [7, 11) is -3.39. The van der Waals surface area contributed by atoms with Crippen LogP contribution in [0, 0.1) is 6.92 Å².